The molecule has 1 atom stereocenters. The van der Waals surface area contributed by atoms with E-state index < -0.39 is 6.29 Å². The Hall–Kier alpha value is -1.14. The fourth-order valence-electron chi connectivity index (χ4n) is 1.84. The van der Waals surface area contributed by atoms with E-state index in [-0.39, 0.29) is 18.6 Å². The van der Waals surface area contributed by atoms with Gasteiger partial charge in [-0.05, 0) is 17.0 Å². The van der Waals surface area contributed by atoms with Gasteiger partial charge in [0.2, 0.25) is 6.29 Å². The predicted octanol–water partition coefficient (Wildman–Crippen LogP) is 1.71. The number of aliphatic hydroxyl groups is 2. The first kappa shape index (κ1) is 17.9. The SMILES string of the molecule is CC(C)(C)c1ccccc1OC(O)COCCOCCO. The molecule has 0 aliphatic heterocycles. The number of rotatable bonds is 9. The van der Waals surface area contributed by atoms with Crippen LogP contribution in [0.2, 0.25) is 0 Å². The number of benzene rings is 1. The zero-order valence-electron chi connectivity index (χ0n) is 13.0. The number of aliphatic hydroxyl groups excluding tert-OH is 2. The minimum Gasteiger partial charge on any atom is -0.462 e. The minimum atomic E-state index is -1.02. The summed E-state index contributed by atoms with van der Waals surface area (Å²) in [6.07, 6.45) is -1.02. The van der Waals surface area contributed by atoms with Crippen molar-refractivity contribution in [3.63, 3.8) is 0 Å². The van der Waals surface area contributed by atoms with Crippen LogP contribution in [0.3, 0.4) is 0 Å². The molecule has 0 amide bonds. The average Bonchev–Trinajstić information content (AvgIpc) is 2.42. The maximum Gasteiger partial charge on any atom is 0.221 e. The second-order valence-corrected chi connectivity index (χ2v) is 5.73. The molecule has 0 radical (unpaired) electrons. The molecule has 0 bridgehead atoms. The van der Waals surface area contributed by atoms with Gasteiger partial charge in [0.1, 0.15) is 12.4 Å². The molecule has 0 spiro atoms. The van der Waals surface area contributed by atoms with Crippen LogP contribution in [-0.4, -0.2) is 49.5 Å². The van der Waals surface area contributed by atoms with Crippen molar-refractivity contribution in [2.75, 3.05) is 33.0 Å². The summed E-state index contributed by atoms with van der Waals surface area (Å²) in [4.78, 5) is 0. The average molecular weight is 298 g/mol. The van der Waals surface area contributed by atoms with Crippen molar-refractivity contribution in [2.24, 2.45) is 0 Å². The predicted molar refractivity (Wildman–Crippen MR) is 80.5 cm³/mol. The topological polar surface area (TPSA) is 68.2 Å². The van der Waals surface area contributed by atoms with E-state index in [1.54, 1.807) is 0 Å². The first-order chi connectivity index (χ1) is 9.95. The Morgan fingerprint density at radius 3 is 2.38 bits per heavy atom. The van der Waals surface area contributed by atoms with Crippen LogP contribution in [-0.2, 0) is 14.9 Å². The molecule has 1 rings (SSSR count). The van der Waals surface area contributed by atoms with Gasteiger partial charge in [-0.2, -0.15) is 0 Å². The van der Waals surface area contributed by atoms with Gasteiger partial charge in [0.15, 0.2) is 0 Å². The molecule has 0 aromatic heterocycles. The van der Waals surface area contributed by atoms with Crippen molar-refractivity contribution < 1.29 is 24.4 Å². The summed E-state index contributed by atoms with van der Waals surface area (Å²) in [5.41, 5.74) is 0.977. The fraction of sp³-hybridized carbons (Fsp3) is 0.625. The lowest BCUT2D eigenvalue weighted by atomic mass is 9.86. The smallest absolute Gasteiger partial charge is 0.221 e. The van der Waals surface area contributed by atoms with Gasteiger partial charge in [-0.25, -0.2) is 0 Å². The van der Waals surface area contributed by atoms with Gasteiger partial charge in [-0.1, -0.05) is 39.0 Å². The third-order valence-electron chi connectivity index (χ3n) is 2.83. The highest BCUT2D eigenvalue weighted by Gasteiger charge is 2.19. The Balaban J connectivity index is 2.40. The molecule has 0 heterocycles. The van der Waals surface area contributed by atoms with E-state index in [4.69, 9.17) is 19.3 Å². The fourth-order valence-corrected chi connectivity index (χ4v) is 1.84. The molecule has 0 saturated carbocycles. The van der Waals surface area contributed by atoms with Crippen LogP contribution in [0.1, 0.15) is 26.3 Å². The van der Waals surface area contributed by atoms with Crippen molar-refractivity contribution >= 4 is 0 Å². The van der Waals surface area contributed by atoms with Gasteiger partial charge in [0.05, 0.1) is 26.4 Å². The highest BCUT2D eigenvalue weighted by atomic mass is 16.6. The van der Waals surface area contributed by atoms with Crippen molar-refractivity contribution in [3.8, 4) is 5.75 Å². The summed E-state index contributed by atoms with van der Waals surface area (Å²) in [6.45, 7) is 7.37. The lowest BCUT2D eigenvalue weighted by molar-refractivity contribution is -0.0856. The standard InChI is InChI=1S/C16H26O5/c1-16(2,3)13-6-4-5-7-14(13)21-15(18)12-20-11-10-19-9-8-17/h4-7,15,17-18H,8-12H2,1-3H3. The molecule has 1 aromatic carbocycles. The van der Waals surface area contributed by atoms with Crippen LogP contribution in [0.5, 0.6) is 5.75 Å². The molecule has 5 heteroatoms. The summed E-state index contributed by atoms with van der Waals surface area (Å²) < 4.78 is 15.9. The van der Waals surface area contributed by atoms with E-state index in [1.807, 2.05) is 24.3 Å². The summed E-state index contributed by atoms with van der Waals surface area (Å²) in [5.74, 6) is 0.664. The monoisotopic (exact) mass is 298 g/mol. The van der Waals surface area contributed by atoms with Gasteiger partial charge >= 0.3 is 0 Å². The van der Waals surface area contributed by atoms with Crippen LogP contribution in [0.15, 0.2) is 24.3 Å². The summed E-state index contributed by atoms with van der Waals surface area (Å²) >= 11 is 0. The molecule has 0 aliphatic rings. The Morgan fingerprint density at radius 2 is 1.71 bits per heavy atom. The molecule has 120 valence electrons. The molecule has 5 nitrogen and oxygen atoms in total. The first-order valence-corrected chi connectivity index (χ1v) is 7.15. The van der Waals surface area contributed by atoms with Gasteiger partial charge in [-0.3, -0.25) is 0 Å². The molecule has 0 aliphatic carbocycles. The zero-order chi connectivity index (χ0) is 15.7. The van der Waals surface area contributed by atoms with Crippen LogP contribution >= 0.6 is 0 Å². The lowest BCUT2D eigenvalue weighted by Gasteiger charge is -2.24. The van der Waals surface area contributed by atoms with E-state index in [0.29, 0.717) is 25.6 Å². The summed E-state index contributed by atoms with van der Waals surface area (Å²) in [6, 6.07) is 7.66. The number of ether oxygens (including phenoxy) is 3. The molecule has 0 fully saturated rings. The van der Waals surface area contributed by atoms with Crippen molar-refractivity contribution in [2.45, 2.75) is 32.5 Å². The summed E-state index contributed by atoms with van der Waals surface area (Å²) in [7, 11) is 0. The third kappa shape index (κ3) is 6.91. The van der Waals surface area contributed by atoms with Crippen LogP contribution in [0, 0.1) is 0 Å². The number of hydrogen-bond acceptors (Lipinski definition) is 5. The highest BCUT2D eigenvalue weighted by Crippen LogP contribution is 2.31. The molecule has 0 saturated heterocycles. The summed E-state index contributed by atoms with van der Waals surface area (Å²) in [5, 5.41) is 18.4. The number of para-hydroxylation sites is 1. The maximum atomic E-state index is 9.87. The molecule has 1 unspecified atom stereocenters. The van der Waals surface area contributed by atoms with Gasteiger partial charge < -0.3 is 24.4 Å². The Kier molecular flexibility index (Phi) is 7.67. The molecule has 1 aromatic rings. The Morgan fingerprint density at radius 1 is 1.05 bits per heavy atom. The Labute approximate surface area is 126 Å². The van der Waals surface area contributed by atoms with Crippen LogP contribution < -0.4 is 4.74 Å². The van der Waals surface area contributed by atoms with E-state index in [9.17, 15) is 5.11 Å². The first-order valence-electron chi connectivity index (χ1n) is 7.15. The highest BCUT2D eigenvalue weighted by molar-refractivity contribution is 5.38. The molecular formula is C16H26O5. The van der Waals surface area contributed by atoms with E-state index in [1.165, 1.54) is 0 Å². The van der Waals surface area contributed by atoms with E-state index >= 15 is 0 Å². The van der Waals surface area contributed by atoms with Crippen molar-refractivity contribution in [1.82, 2.24) is 0 Å². The van der Waals surface area contributed by atoms with E-state index in [2.05, 4.69) is 20.8 Å². The molecule has 21 heavy (non-hydrogen) atoms. The maximum absolute atomic E-state index is 9.87. The minimum absolute atomic E-state index is 0.00464. The zero-order valence-corrected chi connectivity index (χ0v) is 13.0. The van der Waals surface area contributed by atoms with Crippen LogP contribution in [0.4, 0.5) is 0 Å². The van der Waals surface area contributed by atoms with Gasteiger partial charge in [0.25, 0.3) is 0 Å². The van der Waals surface area contributed by atoms with Crippen LogP contribution in [0.25, 0.3) is 0 Å². The molecular weight excluding hydrogens is 272 g/mol. The second kappa shape index (κ2) is 9.00. The Bertz CT molecular complexity index is 400. The normalized spacial score (nSPS) is 13.2. The largest absolute Gasteiger partial charge is 0.462 e. The quantitative estimate of drug-likeness (QED) is 0.536. The second-order valence-electron chi connectivity index (χ2n) is 5.73. The third-order valence-corrected chi connectivity index (χ3v) is 2.83. The molecule has 2 N–H and O–H groups in total. The lowest BCUT2D eigenvalue weighted by Crippen LogP contribution is -2.25. The number of hydrogen-bond donors (Lipinski definition) is 2. The van der Waals surface area contributed by atoms with Crippen molar-refractivity contribution in [3.05, 3.63) is 29.8 Å². The van der Waals surface area contributed by atoms with Gasteiger partial charge in [-0.15, -0.1) is 0 Å². The van der Waals surface area contributed by atoms with Crippen molar-refractivity contribution in [1.29, 1.82) is 0 Å². The van der Waals surface area contributed by atoms with E-state index in [0.717, 1.165) is 5.56 Å². The van der Waals surface area contributed by atoms with Gasteiger partial charge in [0, 0.05) is 0 Å².